The number of carbonyl (C=O) groups excluding carboxylic acids is 1. The van der Waals surface area contributed by atoms with Gasteiger partial charge in [0.2, 0.25) is 11.7 Å². The van der Waals surface area contributed by atoms with Crippen molar-refractivity contribution in [3.8, 4) is 11.8 Å². The van der Waals surface area contributed by atoms with Crippen LogP contribution in [-0.4, -0.2) is 54.9 Å². The van der Waals surface area contributed by atoms with Crippen LogP contribution in [-0.2, 0) is 11.3 Å². The number of hydrogen-bond acceptors (Lipinski definition) is 7. The predicted molar refractivity (Wildman–Crippen MR) is 142 cm³/mol. The molecule has 9 nitrogen and oxygen atoms in total. The Morgan fingerprint density at radius 1 is 1.18 bits per heavy atom. The second-order valence-electron chi connectivity index (χ2n) is 9.94. The minimum Gasteiger partial charge on any atom is -0.389 e. The Labute approximate surface area is 232 Å². The van der Waals surface area contributed by atoms with Gasteiger partial charge in [0.25, 0.3) is 0 Å². The lowest BCUT2D eigenvalue weighted by Crippen LogP contribution is -2.41. The molecule has 2 heterocycles. The molecule has 204 valence electrons. The zero-order valence-corrected chi connectivity index (χ0v) is 21.8. The van der Waals surface area contributed by atoms with Crippen molar-refractivity contribution in [1.29, 1.82) is 0 Å². The molecule has 4 N–H and O–H groups in total. The topological polar surface area (TPSA) is 125 Å². The van der Waals surface area contributed by atoms with Gasteiger partial charge in [-0.1, -0.05) is 29.7 Å². The molecule has 2 fully saturated rings. The number of aromatic nitrogens is 4. The maximum atomic E-state index is 13.7. The molecule has 6 rings (SSSR count). The average molecular weight is 565 g/mol. The number of nitrogens with one attached hydrogen (secondary N) is 2. The van der Waals surface area contributed by atoms with E-state index in [1.54, 1.807) is 16.7 Å². The number of fused-ring (bicyclic) bond motifs is 2. The maximum Gasteiger partial charge on any atom is 0.229 e. The zero-order chi connectivity index (χ0) is 28.2. The lowest BCUT2D eigenvalue weighted by Gasteiger charge is -2.23. The lowest BCUT2D eigenvalue weighted by atomic mass is 9.98. The van der Waals surface area contributed by atoms with Crippen molar-refractivity contribution >= 4 is 34.5 Å². The predicted octanol–water partition coefficient (Wildman–Crippen LogP) is 2.80. The van der Waals surface area contributed by atoms with Crippen LogP contribution in [0, 0.1) is 34.8 Å². The number of aliphatic hydroxyl groups is 2. The van der Waals surface area contributed by atoms with Gasteiger partial charge in [-0.15, -0.1) is 0 Å². The van der Waals surface area contributed by atoms with Crippen molar-refractivity contribution in [2.75, 3.05) is 12.4 Å². The van der Waals surface area contributed by atoms with Crippen molar-refractivity contribution in [3.05, 3.63) is 82.4 Å². The molecular formula is C28H23ClF2N6O3. The third kappa shape index (κ3) is 4.25. The van der Waals surface area contributed by atoms with Crippen LogP contribution < -0.4 is 10.6 Å². The van der Waals surface area contributed by atoms with Crippen LogP contribution in [0.3, 0.4) is 0 Å². The third-order valence-corrected chi connectivity index (χ3v) is 7.89. The third-order valence-electron chi connectivity index (χ3n) is 7.65. The summed E-state index contributed by atoms with van der Waals surface area (Å²) in [6, 6.07) is 9.92. The number of halogens is 3. The van der Waals surface area contributed by atoms with Gasteiger partial charge in [-0.25, -0.2) is 23.7 Å². The van der Waals surface area contributed by atoms with Crippen LogP contribution in [0.25, 0.3) is 11.2 Å². The molecule has 0 aliphatic heterocycles. The summed E-state index contributed by atoms with van der Waals surface area (Å²) in [4.78, 5) is 26.2. The number of nitrogens with zero attached hydrogens (tertiary/aromatic N) is 4. The van der Waals surface area contributed by atoms with E-state index >= 15 is 0 Å². The molecule has 12 heteroatoms. The standard InChI is InChI=1S/C28H23ClF2N6O3/c1-32-27(40)28-11-17(28)22(23(38)24(28)39)37-13-34-21-25(33-12-15-3-2-4-16(29)9-15)35-20(36-26(21)37)8-6-14-5-7-18(30)19(31)10-14/h2-5,7,9-10,13,17,22-24,38-39H,11-12H2,1H3,(H,32,40)(H,33,35,36)/t17?,22-,23+,24+,28?/m1/s1. The Kier molecular flexibility index (Phi) is 6.41. The smallest absolute Gasteiger partial charge is 0.229 e. The van der Waals surface area contributed by atoms with Crippen LogP contribution in [0.4, 0.5) is 14.6 Å². The molecule has 40 heavy (non-hydrogen) atoms. The molecule has 2 saturated carbocycles. The molecule has 4 aromatic rings. The molecule has 2 aliphatic carbocycles. The van der Waals surface area contributed by atoms with Crippen LogP contribution in [0.1, 0.15) is 29.4 Å². The molecule has 2 aliphatic rings. The summed E-state index contributed by atoms with van der Waals surface area (Å²) in [5, 5.41) is 28.2. The van der Waals surface area contributed by atoms with Gasteiger partial charge in [-0.05, 0) is 48.2 Å². The monoisotopic (exact) mass is 564 g/mol. The first-order valence-corrected chi connectivity index (χ1v) is 12.9. The highest BCUT2D eigenvalue weighted by Gasteiger charge is 2.75. The van der Waals surface area contributed by atoms with E-state index in [4.69, 9.17) is 11.6 Å². The van der Waals surface area contributed by atoms with Crippen molar-refractivity contribution in [2.24, 2.45) is 11.3 Å². The highest BCUT2D eigenvalue weighted by Crippen LogP contribution is 2.67. The number of hydrogen-bond donors (Lipinski definition) is 4. The van der Waals surface area contributed by atoms with E-state index in [0.29, 0.717) is 35.0 Å². The summed E-state index contributed by atoms with van der Waals surface area (Å²) in [6.07, 6.45) is -0.587. The van der Waals surface area contributed by atoms with Gasteiger partial charge in [0.1, 0.15) is 6.10 Å². The summed E-state index contributed by atoms with van der Waals surface area (Å²) in [5.41, 5.74) is 0.753. The molecule has 1 amide bonds. The first-order valence-electron chi connectivity index (χ1n) is 12.5. The van der Waals surface area contributed by atoms with E-state index in [1.165, 1.54) is 19.4 Å². The Morgan fingerprint density at radius 3 is 2.75 bits per heavy atom. The Morgan fingerprint density at radius 2 is 2.00 bits per heavy atom. The van der Waals surface area contributed by atoms with Gasteiger partial charge in [0.05, 0.1) is 23.9 Å². The second kappa shape index (κ2) is 9.82. The minimum absolute atomic E-state index is 0.0639. The summed E-state index contributed by atoms with van der Waals surface area (Å²) in [6.45, 7) is 0.350. The van der Waals surface area contributed by atoms with Crippen LogP contribution in [0.15, 0.2) is 48.8 Å². The number of aliphatic hydroxyl groups excluding tert-OH is 2. The zero-order valence-electron chi connectivity index (χ0n) is 21.1. The fourth-order valence-corrected chi connectivity index (χ4v) is 5.85. The molecule has 2 aromatic heterocycles. The first kappa shape index (κ1) is 26.1. The van der Waals surface area contributed by atoms with Crippen LogP contribution in [0.2, 0.25) is 5.02 Å². The number of amides is 1. The Balaban J connectivity index is 1.42. The first-order chi connectivity index (χ1) is 19.2. The number of imidazole rings is 1. The fraction of sp³-hybridized carbons (Fsp3) is 0.286. The largest absolute Gasteiger partial charge is 0.389 e. The maximum absolute atomic E-state index is 13.7. The summed E-state index contributed by atoms with van der Waals surface area (Å²) in [7, 11) is 1.49. The van der Waals surface area contributed by atoms with Gasteiger partial charge >= 0.3 is 0 Å². The molecule has 0 saturated heterocycles. The molecule has 0 radical (unpaired) electrons. The number of rotatable bonds is 5. The summed E-state index contributed by atoms with van der Waals surface area (Å²) in [5.74, 6) is 3.29. The Bertz CT molecular complexity index is 1720. The summed E-state index contributed by atoms with van der Waals surface area (Å²) < 4.78 is 28.7. The molecular weight excluding hydrogens is 542 g/mol. The molecule has 0 bridgehead atoms. The van der Waals surface area contributed by atoms with Crippen molar-refractivity contribution in [2.45, 2.75) is 31.2 Å². The molecule has 0 spiro atoms. The summed E-state index contributed by atoms with van der Waals surface area (Å²) >= 11 is 6.12. The van der Waals surface area contributed by atoms with E-state index in [1.807, 2.05) is 12.1 Å². The van der Waals surface area contributed by atoms with Gasteiger partial charge in [0.15, 0.2) is 28.6 Å². The minimum atomic E-state index is -1.25. The van der Waals surface area contributed by atoms with Crippen molar-refractivity contribution in [1.82, 2.24) is 24.8 Å². The molecule has 5 atom stereocenters. The van der Waals surface area contributed by atoms with Crippen molar-refractivity contribution in [3.63, 3.8) is 0 Å². The van der Waals surface area contributed by atoms with Gasteiger partial charge in [-0.2, -0.15) is 0 Å². The Hall–Kier alpha value is -4.11. The van der Waals surface area contributed by atoms with Crippen LogP contribution in [0.5, 0.6) is 0 Å². The lowest BCUT2D eigenvalue weighted by molar-refractivity contribution is -0.132. The quantitative estimate of drug-likeness (QED) is 0.275. The van der Waals surface area contributed by atoms with E-state index in [-0.39, 0.29) is 23.2 Å². The van der Waals surface area contributed by atoms with Gasteiger partial charge < -0.3 is 25.4 Å². The molecule has 2 aromatic carbocycles. The van der Waals surface area contributed by atoms with E-state index in [9.17, 15) is 23.8 Å². The fourth-order valence-electron chi connectivity index (χ4n) is 5.64. The van der Waals surface area contributed by atoms with Gasteiger partial charge in [-0.3, -0.25) is 4.79 Å². The molecule has 2 unspecified atom stereocenters. The number of carbonyl (C=O) groups is 1. The van der Waals surface area contributed by atoms with Gasteiger partial charge in [0, 0.05) is 30.1 Å². The second-order valence-corrected chi connectivity index (χ2v) is 10.4. The van der Waals surface area contributed by atoms with E-state index < -0.39 is 35.3 Å². The van der Waals surface area contributed by atoms with E-state index in [2.05, 4.69) is 37.4 Å². The highest BCUT2D eigenvalue weighted by atomic mass is 35.5. The highest BCUT2D eigenvalue weighted by molar-refractivity contribution is 6.30. The van der Waals surface area contributed by atoms with E-state index in [0.717, 1.165) is 17.7 Å². The van der Waals surface area contributed by atoms with Crippen molar-refractivity contribution < 1.29 is 23.8 Å². The van der Waals surface area contributed by atoms with Crippen LogP contribution >= 0.6 is 11.6 Å². The number of benzene rings is 2. The average Bonchev–Trinajstić information content (AvgIpc) is 3.48. The SMILES string of the molecule is CNC(=O)C12CC1[C@@H](n1cnc3c(NCc4cccc(Cl)c4)nc(C#Cc4ccc(F)c(F)c4)nc31)[C@H](O)[C@@H]2O. The number of anilines is 1. The normalized spacial score (nSPS) is 24.8.